The van der Waals surface area contributed by atoms with E-state index in [1.54, 1.807) is 64.4 Å². The Balaban J connectivity index is 1.41. The standard InChI is InChI=1S/C19H15FN6O/c20-16-10-14(2-4-17(16)25-9-7-21-13-25)11-23-19(27)15-3-5-18(22-12-15)26-8-1-6-24-26/h1-10,12-13H,11H2,(H,23,27). The smallest absolute Gasteiger partial charge is 0.253 e. The third-order valence-corrected chi connectivity index (χ3v) is 4.00. The van der Waals surface area contributed by atoms with Gasteiger partial charge in [-0.3, -0.25) is 4.79 Å². The molecule has 0 fully saturated rings. The predicted octanol–water partition coefficient (Wildman–Crippen LogP) is 2.52. The van der Waals surface area contributed by atoms with Crippen LogP contribution in [-0.2, 0) is 6.54 Å². The highest BCUT2D eigenvalue weighted by atomic mass is 19.1. The van der Waals surface area contributed by atoms with Crippen LogP contribution in [0.1, 0.15) is 15.9 Å². The molecule has 3 heterocycles. The van der Waals surface area contributed by atoms with Gasteiger partial charge in [-0.1, -0.05) is 6.07 Å². The SMILES string of the molecule is O=C(NCc1ccc(-n2ccnc2)c(F)c1)c1ccc(-n2cccn2)nc1. The van der Waals surface area contributed by atoms with Gasteiger partial charge in [-0.25, -0.2) is 19.0 Å². The molecule has 27 heavy (non-hydrogen) atoms. The number of rotatable bonds is 5. The first-order chi connectivity index (χ1) is 13.2. The van der Waals surface area contributed by atoms with E-state index in [1.807, 2.05) is 0 Å². The predicted molar refractivity (Wildman–Crippen MR) is 96.1 cm³/mol. The lowest BCUT2D eigenvalue weighted by Crippen LogP contribution is -2.23. The fourth-order valence-corrected chi connectivity index (χ4v) is 2.62. The second-order valence-corrected chi connectivity index (χ2v) is 5.79. The van der Waals surface area contributed by atoms with Crippen LogP contribution < -0.4 is 5.32 Å². The Kier molecular flexibility index (Phi) is 4.44. The largest absolute Gasteiger partial charge is 0.348 e. The summed E-state index contributed by atoms with van der Waals surface area (Å²) in [5, 5.41) is 6.85. The van der Waals surface area contributed by atoms with Gasteiger partial charge in [0.1, 0.15) is 5.82 Å². The van der Waals surface area contributed by atoms with Crippen LogP contribution in [0, 0.1) is 5.82 Å². The van der Waals surface area contributed by atoms with Gasteiger partial charge in [-0.05, 0) is 35.9 Å². The molecular weight excluding hydrogens is 347 g/mol. The molecule has 0 aliphatic heterocycles. The summed E-state index contributed by atoms with van der Waals surface area (Å²) in [4.78, 5) is 20.4. The molecule has 1 N–H and O–H groups in total. The number of halogens is 1. The Bertz CT molecular complexity index is 1040. The van der Waals surface area contributed by atoms with Gasteiger partial charge in [0.25, 0.3) is 5.91 Å². The first-order valence-corrected chi connectivity index (χ1v) is 8.22. The van der Waals surface area contributed by atoms with Crippen LogP contribution in [0.4, 0.5) is 4.39 Å². The van der Waals surface area contributed by atoms with Crippen molar-refractivity contribution in [1.82, 2.24) is 29.6 Å². The van der Waals surface area contributed by atoms with Crippen molar-refractivity contribution in [3.8, 4) is 11.5 Å². The molecule has 1 aromatic carbocycles. The number of hydrogen-bond acceptors (Lipinski definition) is 4. The van der Waals surface area contributed by atoms with E-state index in [-0.39, 0.29) is 18.3 Å². The lowest BCUT2D eigenvalue weighted by Gasteiger charge is -2.09. The first kappa shape index (κ1) is 16.6. The Morgan fingerprint density at radius 1 is 1.15 bits per heavy atom. The Hall–Kier alpha value is -3.81. The lowest BCUT2D eigenvalue weighted by atomic mass is 10.2. The van der Waals surface area contributed by atoms with E-state index in [1.165, 1.54) is 18.6 Å². The summed E-state index contributed by atoms with van der Waals surface area (Å²) in [6.07, 6.45) is 9.68. The van der Waals surface area contributed by atoms with E-state index in [0.29, 0.717) is 22.6 Å². The average Bonchev–Trinajstić information content (AvgIpc) is 3.40. The minimum Gasteiger partial charge on any atom is -0.348 e. The molecule has 4 aromatic rings. The van der Waals surface area contributed by atoms with Gasteiger partial charge in [0.05, 0.1) is 17.6 Å². The van der Waals surface area contributed by atoms with Crippen molar-refractivity contribution in [3.63, 3.8) is 0 Å². The Morgan fingerprint density at radius 3 is 2.74 bits per heavy atom. The number of amides is 1. The number of hydrogen-bond donors (Lipinski definition) is 1. The van der Waals surface area contributed by atoms with Crippen molar-refractivity contribution in [1.29, 1.82) is 0 Å². The number of imidazole rings is 1. The number of nitrogens with one attached hydrogen (secondary N) is 1. The van der Waals surface area contributed by atoms with Gasteiger partial charge in [0, 0.05) is 37.5 Å². The molecule has 0 saturated heterocycles. The maximum atomic E-state index is 14.3. The second kappa shape index (κ2) is 7.20. The fraction of sp³-hybridized carbons (Fsp3) is 0.0526. The maximum Gasteiger partial charge on any atom is 0.253 e. The summed E-state index contributed by atoms with van der Waals surface area (Å²) in [5.74, 6) is -0.0488. The van der Waals surface area contributed by atoms with Gasteiger partial charge >= 0.3 is 0 Å². The molecule has 7 nitrogen and oxygen atoms in total. The molecule has 0 atom stereocenters. The van der Waals surface area contributed by atoms with Crippen molar-refractivity contribution >= 4 is 5.91 Å². The molecule has 0 saturated carbocycles. The average molecular weight is 362 g/mol. The summed E-state index contributed by atoms with van der Waals surface area (Å²) >= 11 is 0. The van der Waals surface area contributed by atoms with E-state index in [2.05, 4.69) is 20.4 Å². The zero-order valence-electron chi connectivity index (χ0n) is 14.2. The van der Waals surface area contributed by atoms with Gasteiger partial charge in [-0.15, -0.1) is 0 Å². The highest BCUT2D eigenvalue weighted by Crippen LogP contribution is 2.15. The third kappa shape index (κ3) is 3.59. The lowest BCUT2D eigenvalue weighted by molar-refractivity contribution is 0.0950. The highest BCUT2D eigenvalue weighted by Gasteiger charge is 2.09. The first-order valence-electron chi connectivity index (χ1n) is 8.22. The number of nitrogens with zero attached hydrogens (tertiary/aromatic N) is 5. The van der Waals surface area contributed by atoms with Crippen LogP contribution in [0.5, 0.6) is 0 Å². The van der Waals surface area contributed by atoms with Gasteiger partial charge < -0.3 is 9.88 Å². The Morgan fingerprint density at radius 2 is 2.07 bits per heavy atom. The van der Waals surface area contributed by atoms with Gasteiger partial charge in [0.15, 0.2) is 5.82 Å². The molecule has 0 radical (unpaired) electrons. The Labute approximate surface area is 154 Å². The van der Waals surface area contributed by atoms with E-state index in [9.17, 15) is 9.18 Å². The maximum absolute atomic E-state index is 14.3. The van der Waals surface area contributed by atoms with E-state index < -0.39 is 0 Å². The third-order valence-electron chi connectivity index (χ3n) is 4.00. The van der Waals surface area contributed by atoms with Gasteiger partial charge in [-0.2, -0.15) is 5.10 Å². The zero-order valence-corrected chi connectivity index (χ0v) is 14.2. The number of pyridine rings is 1. The van der Waals surface area contributed by atoms with Crippen molar-refractivity contribution in [2.24, 2.45) is 0 Å². The minimum atomic E-state index is -0.384. The summed E-state index contributed by atoms with van der Waals surface area (Å²) in [6.45, 7) is 0.209. The molecule has 0 spiro atoms. The summed E-state index contributed by atoms with van der Waals surface area (Å²) in [6, 6.07) is 9.98. The topological polar surface area (TPSA) is 77.6 Å². The number of carbonyl (C=O) groups excluding carboxylic acids is 1. The molecule has 3 aromatic heterocycles. The second-order valence-electron chi connectivity index (χ2n) is 5.79. The minimum absolute atomic E-state index is 0.209. The van der Waals surface area contributed by atoms with E-state index >= 15 is 0 Å². The summed E-state index contributed by atoms with van der Waals surface area (Å²) < 4.78 is 17.5. The molecule has 1 amide bonds. The van der Waals surface area contributed by atoms with Crippen molar-refractivity contribution in [3.05, 3.63) is 90.7 Å². The van der Waals surface area contributed by atoms with Crippen LogP contribution in [0.15, 0.2) is 73.7 Å². The van der Waals surface area contributed by atoms with E-state index in [4.69, 9.17) is 0 Å². The number of aromatic nitrogens is 5. The van der Waals surface area contributed by atoms with Crippen LogP contribution in [-0.4, -0.2) is 30.2 Å². The van der Waals surface area contributed by atoms with Gasteiger partial charge in [0.2, 0.25) is 0 Å². The molecule has 0 bridgehead atoms. The summed E-state index contributed by atoms with van der Waals surface area (Å²) in [7, 11) is 0. The van der Waals surface area contributed by atoms with Crippen molar-refractivity contribution < 1.29 is 9.18 Å². The normalized spacial score (nSPS) is 10.7. The van der Waals surface area contributed by atoms with Crippen LogP contribution in [0.2, 0.25) is 0 Å². The number of benzene rings is 1. The number of carbonyl (C=O) groups is 1. The van der Waals surface area contributed by atoms with Crippen LogP contribution in [0.25, 0.3) is 11.5 Å². The molecule has 0 unspecified atom stereocenters. The molecule has 134 valence electrons. The molecule has 0 aliphatic carbocycles. The fourth-order valence-electron chi connectivity index (χ4n) is 2.62. The zero-order chi connectivity index (χ0) is 18.6. The molecule has 8 heteroatoms. The molecular formula is C19H15FN6O. The van der Waals surface area contributed by atoms with Crippen LogP contribution in [0.3, 0.4) is 0 Å². The monoisotopic (exact) mass is 362 g/mol. The van der Waals surface area contributed by atoms with Crippen LogP contribution >= 0.6 is 0 Å². The molecule has 0 aliphatic rings. The van der Waals surface area contributed by atoms with Crippen molar-refractivity contribution in [2.75, 3.05) is 0 Å². The van der Waals surface area contributed by atoms with E-state index in [0.717, 1.165) is 0 Å². The summed E-state index contributed by atoms with van der Waals surface area (Å²) in [5.41, 5.74) is 1.48. The quantitative estimate of drug-likeness (QED) is 0.592. The molecule has 4 rings (SSSR count). The highest BCUT2D eigenvalue weighted by molar-refractivity contribution is 5.93. The van der Waals surface area contributed by atoms with Crippen molar-refractivity contribution in [2.45, 2.75) is 6.54 Å².